The van der Waals surface area contributed by atoms with E-state index in [0.717, 1.165) is 6.92 Å². The average Bonchev–Trinajstić information content (AvgIpc) is 2.22. The van der Waals surface area contributed by atoms with Crippen molar-refractivity contribution < 1.29 is 30.0 Å². The van der Waals surface area contributed by atoms with Gasteiger partial charge in [-0.2, -0.15) is 0 Å². The Balaban J connectivity index is 4.42. The summed E-state index contributed by atoms with van der Waals surface area (Å²) >= 11 is 0. The standard InChI is InChI=1S/C8H15NO6/c1-4(12)9-5(2-10)7(14)8(15)6(13)3-11/h2,5-8,11,13-15H,3H2,1H3,(H,9,12)/t5-,6+,7+,8-/m0/s1/i12+2. The molecule has 15 heavy (non-hydrogen) atoms. The molecule has 0 bridgehead atoms. The summed E-state index contributed by atoms with van der Waals surface area (Å²) in [6.45, 7) is 0.377. The molecular formula is C8H15NO6. The van der Waals surface area contributed by atoms with E-state index in [2.05, 4.69) is 5.32 Å². The first-order chi connectivity index (χ1) is 6.93. The maximum absolute atomic E-state index is 10.6. The molecule has 0 rings (SSSR count). The summed E-state index contributed by atoms with van der Waals surface area (Å²) in [7, 11) is 0. The number of nitrogens with one attached hydrogen (secondary N) is 1. The molecule has 0 heterocycles. The number of carbonyl (C=O) groups excluding carboxylic acids is 2. The molecule has 0 aliphatic carbocycles. The smallest absolute Gasteiger partial charge is 0.217 e. The Morgan fingerprint density at radius 1 is 1.40 bits per heavy atom. The maximum atomic E-state index is 10.6. The third-order valence-corrected chi connectivity index (χ3v) is 1.82. The molecule has 0 aromatic carbocycles. The predicted molar refractivity (Wildman–Crippen MR) is 48.8 cm³/mol. The number of aldehydes is 1. The zero-order valence-electron chi connectivity index (χ0n) is 8.20. The summed E-state index contributed by atoms with van der Waals surface area (Å²) in [5, 5.41) is 38.2. The Morgan fingerprint density at radius 2 is 1.93 bits per heavy atom. The lowest BCUT2D eigenvalue weighted by molar-refractivity contribution is -0.129. The molecule has 0 saturated heterocycles. The highest BCUT2D eigenvalue weighted by molar-refractivity contribution is 5.77. The Kier molecular flexibility index (Phi) is 6.02. The van der Waals surface area contributed by atoms with E-state index in [4.69, 9.17) is 10.2 Å². The molecule has 5 N–H and O–H groups in total. The third kappa shape index (κ3) is 4.34. The van der Waals surface area contributed by atoms with Gasteiger partial charge in [0.25, 0.3) is 0 Å². The van der Waals surface area contributed by atoms with Crippen LogP contribution in [0.25, 0.3) is 0 Å². The van der Waals surface area contributed by atoms with E-state index in [9.17, 15) is 19.8 Å². The van der Waals surface area contributed by atoms with Crippen LogP contribution in [0.4, 0.5) is 0 Å². The van der Waals surface area contributed by atoms with Gasteiger partial charge in [-0.25, -0.2) is 0 Å². The molecule has 4 atom stereocenters. The van der Waals surface area contributed by atoms with E-state index in [0.29, 0.717) is 0 Å². The van der Waals surface area contributed by atoms with Gasteiger partial charge in [-0.1, -0.05) is 0 Å². The van der Waals surface area contributed by atoms with Gasteiger partial charge in [0.2, 0.25) is 5.91 Å². The number of rotatable bonds is 6. The van der Waals surface area contributed by atoms with Gasteiger partial charge in [0.15, 0.2) is 0 Å². The molecule has 88 valence electrons. The summed E-state index contributed by atoms with van der Waals surface area (Å²) in [5.41, 5.74) is 0. The normalized spacial score (nSPS) is 18.7. The minimum Gasteiger partial charge on any atom is -0.394 e. The summed E-state index contributed by atoms with van der Waals surface area (Å²) in [5.74, 6) is -0.558. The first-order valence-corrected chi connectivity index (χ1v) is 4.31. The third-order valence-electron chi connectivity index (χ3n) is 1.82. The van der Waals surface area contributed by atoms with Gasteiger partial charge in [-0.05, 0) is 0 Å². The molecule has 7 heteroatoms. The Labute approximate surface area is 86.3 Å². The molecule has 7 nitrogen and oxygen atoms in total. The lowest BCUT2D eigenvalue weighted by Crippen LogP contribution is -2.53. The second-order valence-corrected chi connectivity index (χ2v) is 3.09. The Bertz CT molecular complexity index is 221. The lowest BCUT2D eigenvalue weighted by atomic mass is 10.0. The van der Waals surface area contributed by atoms with Crippen molar-refractivity contribution in [3.8, 4) is 0 Å². The van der Waals surface area contributed by atoms with Crippen molar-refractivity contribution >= 4 is 12.2 Å². The molecule has 0 saturated carbocycles. The van der Waals surface area contributed by atoms with Gasteiger partial charge in [-0.3, -0.25) is 4.79 Å². The monoisotopic (exact) mass is 223 g/mol. The Hall–Kier alpha value is -1.02. The molecule has 0 radical (unpaired) electrons. The van der Waals surface area contributed by atoms with Crippen molar-refractivity contribution in [2.24, 2.45) is 0 Å². The average molecular weight is 223 g/mol. The summed E-state index contributed by atoms with van der Waals surface area (Å²) in [6, 6.07) is -1.32. The van der Waals surface area contributed by atoms with Crippen LogP contribution in [0.1, 0.15) is 6.92 Å². The van der Waals surface area contributed by atoms with E-state index in [1.54, 1.807) is 0 Å². The first-order valence-electron chi connectivity index (χ1n) is 4.31. The highest BCUT2D eigenvalue weighted by Gasteiger charge is 2.31. The van der Waals surface area contributed by atoms with Crippen molar-refractivity contribution in [1.82, 2.24) is 5.32 Å². The molecule has 0 aliphatic rings. The second-order valence-electron chi connectivity index (χ2n) is 3.09. The van der Waals surface area contributed by atoms with Gasteiger partial charge in [0, 0.05) is 6.92 Å². The number of aliphatic hydroxyl groups excluding tert-OH is 4. The first kappa shape index (κ1) is 14.0. The largest absolute Gasteiger partial charge is 0.394 e. The summed E-state index contributed by atoms with van der Waals surface area (Å²) in [6.07, 6.45) is -4.72. The number of aliphatic hydroxyl groups is 4. The van der Waals surface area contributed by atoms with Crippen molar-refractivity contribution in [2.75, 3.05) is 6.61 Å². The van der Waals surface area contributed by atoms with E-state index < -0.39 is 36.9 Å². The van der Waals surface area contributed by atoms with Crippen molar-refractivity contribution in [2.45, 2.75) is 31.3 Å². The SMILES string of the molecule is CC(=[18O])N[C@@H](C=O)[C@@H](O)[C@@H](O)[C@H](O)CO. The number of carbonyl (C=O) groups is 2. The minimum absolute atomic E-state index is 0.235. The molecule has 0 aromatic heterocycles. The van der Waals surface area contributed by atoms with Crippen LogP contribution >= 0.6 is 0 Å². The Morgan fingerprint density at radius 3 is 2.27 bits per heavy atom. The topological polar surface area (TPSA) is 127 Å². The highest BCUT2D eigenvalue weighted by Crippen LogP contribution is 2.03. The fourth-order valence-electron chi connectivity index (χ4n) is 0.983. The van der Waals surface area contributed by atoms with Crippen LogP contribution in [0, 0.1) is 0 Å². The fraction of sp³-hybridized carbons (Fsp3) is 0.750. The van der Waals surface area contributed by atoms with Gasteiger partial charge in [-0.15, -0.1) is 0 Å². The number of hydrogen-bond donors (Lipinski definition) is 5. The second kappa shape index (κ2) is 6.46. The fourth-order valence-corrected chi connectivity index (χ4v) is 0.983. The maximum Gasteiger partial charge on any atom is 0.217 e. The van der Waals surface area contributed by atoms with Crippen LogP contribution in [0.2, 0.25) is 0 Å². The van der Waals surface area contributed by atoms with Crippen LogP contribution in [0.15, 0.2) is 0 Å². The predicted octanol–water partition coefficient (Wildman–Crippen LogP) is -3.23. The number of hydrogen-bond acceptors (Lipinski definition) is 6. The quantitative estimate of drug-likeness (QED) is 0.238. The molecule has 0 aromatic rings. The number of amides is 1. The minimum atomic E-state index is -1.71. The van der Waals surface area contributed by atoms with Crippen LogP contribution in [-0.4, -0.2) is 63.6 Å². The van der Waals surface area contributed by atoms with Crippen molar-refractivity contribution in [3.05, 3.63) is 0 Å². The zero-order valence-corrected chi connectivity index (χ0v) is 8.20. The van der Waals surface area contributed by atoms with Crippen LogP contribution in [-0.2, 0) is 9.59 Å². The molecule has 0 spiro atoms. The van der Waals surface area contributed by atoms with E-state index in [1.807, 2.05) is 0 Å². The van der Waals surface area contributed by atoms with Gasteiger partial charge >= 0.3 is 0 Å². The van der Waals surface area contributed by atoms with Crippen LogP contribution in [0.5, 0.6) is 0 Å². The van der Waals surface area contributed by atoms with E-state index in [1.165, 1.54) is 0 Å². The highest BCUT2D eigenvalue weighted by atomic mass is 18.1. The van der Waals surface area contributed by atoms with Gasteiger partial charge in [0.1, 0.15) is 30.6 Å². The van der Waals surface area contributed by atoms with Crippen molar-refractivity contribution in [3.63, 3.8) is 0 Å². The van der Waals surface area contributed by atoms with E-state index in [-0.39, 0.29) is 6.29 Å². The summed E-state index contributed by atoms with van der Waals surface area (Å²) < 4.78 is 0. The molecule has 0 aliphatic heterocycles. The molecule has 0 unspecified atom stereocenters. The van der Waals surface area contributed by atoms with E-state index >= 15 is 0 Å². The van der Waals surface area contributed by atoms with Gasteiger partial charge < -0.3 is 30.5 Å². The molecule has 0 fully saturated rings. The molecule has 1 amide bonds. The van der Waals surface area contributed by atoms with Crippen LogP contribution in [0.3, 0.4) is 0 Å². The molecular weight excluding hydrogens is 208 g/mol. The zero-order chi connectivity index (χ0) is 12.0. The van der Waals surface area contributed by atoms with Crippen molar-refractivity contribution in [1.29, 1.82) is 0 Å². The van der Waals surface area contributed by atoms with Gasteiger partial charge in [0.05, 0.1) is 6.61 Å². The van der Waals surface area contributed by atoms with Crippen LogP contribution < -0.4 is 5.32 Å². The lowest BCUT2D eigenvalue weighted by Gasteiger charge is -2.25. The summed E-state index contributed by atoms with van der Waals surface area (Å²) in [4.78, 5) is 21.1.